The fourth-order valence-corrected chi connectivity index (χ4v) is 4.54. The SMILES string of the molecule is CCN(CC)S(=O)(=O)c1ccc2nnn(OCC(=O)Nc3cc(OC)ccc3OC)c2c1. The summed E-state index contributed by atoms with van der Waals surface area (Å²) in [5.74, 6) is 0.523. The van der Waals surface area contributed by atoms with Crippen LogP contribution in [0.4, 0.5) is 5.69 Å². The molecule has 0 aliphatic carbocycles. The van der Waals surface area contributed by atoms with E-state index in [4.69, 9.17) is 14.3 Å². The maximum atomic E-state index is 12.8. The zero-order valence-corrected chi connectivity index (χ0v) is 19.0. The molecule has 1 heterocycles. The molecule has 0 aliphatic heterocycles. The van der Waals surface area contributed by atoms with E-state index in [9.17, 15) is 13.2 Å². The number of sulfonamides is 1. The van der Waals surface area contributed by atoms with Gasteiger partial charge in [0.2, 0.25) is 10.0 Å². The molecule has 0 saturated heterocycles. The summed E-state index contributed by atoms with van der Waals surface area (Å²) in [4.78, 5) is 19.0. The minimum absolute atomic E-state index is 0.0893. The minimum atomic E-state index is -3.67. The Morgan fingerprint density at radius 3 is 2.50 bits per heavy atom. The first-order valence-corrected chi connectivity index (χ1v) is 11.3. The van der Waals surface area contributed by atoms with E-state index in [1.54, 1.807) is 38.1 Å². The molecule has 172 valence electrons. The van der Waals surface area contributed by atoms with Crippen LogP contribution in [0.3, 0.4) is 0 Å². The van der Waals surface area contributed by atoms with E-state index in [1.165, 1.54) is 30.7 Å². The highest BCUT2D eigenvalue weighted by Crippen LogP contribution is 2.28. The Morgan fingerprint density at radius 1 is 1.09 bits per heavy atom. The lowest BCUT2D eigenvalue weighted by molar-refractivity contribution is -0.121. The van der Waals surface area contributed by atoms with Crippen LogP contribution in [-0.4, -0.2) is 67.7 Å². The maximum absolute atomic E-state index is 12.8. The lowest BCUT2D eigenvalue weighted by Gasteiger charge is -2.18. The van der Waals surface area contributed by atoms with Crippen molar-refractivity contribution in [2.75, 3.05) is 39.2 Å². The summed E-state index contributed by atoms with van der Waals surface area (Å²) in [5, 5.41) is 10.5. The van der Waals surface area contributed by atoms with E-state index < -0.39 is 22.5 Å². The Labute approximate surface area is 185 Å². The summed E-state index contributed by atoms with van der Waals surface area (Å²) >= 11 is 0. The molecule has 3 aromatic rings. The zero-order valence-electron chi connectivity index (χ0n) is 18.2. The van der Waals surface area contributed by atoms with Gasteiger partial charge in [0.05, 0.1) is 24.8 Å². The lowest BCUT2D eigenvalue weighted by Crippen LogP contribution is -2.30. The van der Waals surface area contributed by atoms with Crippen molar-refractivity contribution in [2.45, 2.75) is 18.7 Å². The van der Waals surface area contributed by atoms with Gasteiger partial charge in [0.1, 0.15) is 22.5 Å². The quantitative estimate of drug-likeness (QED) is 0.480. The summed E-state index contributed by atoms with van der Waals surface area (Å²) in [6.45, 7) is 3.83. The molecule has 2 aromatic carbocycles. The number of nitrogens with zero attached hydrogens (tertiary/aromatic N) is 4. The minimum Gasteiger partial charge on any atom is -0.497 e. The topological polar surface area (TPSA) is 125 Å². The van der Waals surface area contributed by atoms with Crippen molar-refractivity contribution in [1.29, 1.82) is 0 Å². The first kappa shape index (κ1) is 23.3. The van der Waals surface area contributed by atoms with Gasteiger partial charge in [-0.25, -0.2) is 8.42 Å². The monoisotopic (exact) mass is 463 g/mol. The van der Waals surface area contributed by atoms with E-state index in [0.29, 0.717) is 41.3 Å². The maximum Gasteiger partial charge on any atom is 0.265 e. The molecule has 1 amide bonds. The van der Waals surface area contributed by atoms with Gasteiger partial charge in [-0.1, -0.05) is 18.7 Å². The molecular formula is C20H25N5O6S. The van der Waals surface area contributed by atoms with E-state index in [2.05, 4.69) is 15.6 Å². The first-order valence-electron chi connectivity index (χ1n) is 9.84. The molecule has 12 heteroatoms. The predicted octanol–water partition coefficient (Wildman–Crippen LogP) is 1.55. The predicted molar refractivity (Wildman–Crippen MR) is 117 cm³/mol. The van der Waals surface area contributed by atoms with Crippen molar-refractivity contribution in [3.05, 3.63) is 36.4 Å². The van der Waals surface area contributed by atoms with Gasteiger partial charge in [0.15, 0.2) is 6.61 Å². The number of methoxy groups -OCH3 is 2. The molecule has 0 saturated carbocycles. The van der Waals surface area contributed by atoms with E-state index in [1.807, 2.05) is 0 Å². The van der Waals surface area contributed by atoms with Crippen molar-refractivity contribution in [3.8, 4) is 11.5 Å². The van der Waals surface area contributed by atoms with Gasteiger partial charge >= 0.3 is 0 Å². The molecule has 11 nitrogen and oxygen atoms in total. The number of benzene rings is 2. The van der Waals surface area contributed by atoms with Gasteiger partial charge < -0.3 is 19.6 Å². The van der Waals surface area contributed by atoms with Crippen LogP contribution in [0.25, 0.3) is 11.0 Å². The Balaban J connectivity index is 1.78. The summed E-state index contributed by atoms with van der Waals surface area (Å²) in [7, 11) is -0.669. The van der Waals surface area contributed by atoms with Crippen molar-refractivity contribution >= 4 is 32.7 Å². The fourth-order valence-electron chi connectivity index (χ4n) is 3.06. The van der Waals surface area contributed by atoms with Crippen LogP contribution in [0.5, 0.6) is 11.5 Å². The second-order valence-corrected chi connectivity index (χ2v) is 8.53. The van der Waals surface area contributed by atoms with Gasteiger partial charge in [-0.2, -0.15) is 4.31 Å². The third-order valence-electron chi connectivity index (χ3n) is 4.73. The average molecular weight is 464 g/mol. The number of amides is 1. The number of anilines is 1. The van der Waals surface area contributed by atoms with Crippen LogP contribution in [0.15, 0.2) is 41.3 Å². The number of hydrogen-bond donors (Lipinski definition) is 1. The zero-order chi connectivity index (χ0) is 23.3. The van der Waals surface area contributed by atoms with Crippen LogP contribution in [0, 0.1) is 0 Å². The van der Waals surface area contributed by atoms with E-state index in [-0.39, 0.29) is 4.90 Å². The van der Waals surface area contributed by atoms with Gasteiger partial charge in [-0.15, -0.1) is 5.10 Å². The number of rotatable bonds is 10. The fraction of sp³-hybridized carbons (Fsp3) is 0.350. The highest BCUT2D eigenvalue weighted by atomic mass is 32.2. The third kappa shape index (κ3) is 4.75. The third-order valence-corrected chi connectivity index (χ3v) is 6.77. The van der Waals surface area contributed by atoms with Crippen molar-refractivity contribution in [2.24, 2.45) is 0 Å². The smallest absolute Gasteiger partial charge is 0.265 e. The second kappa shape index (κ2) is 9.83. The van der Waals surface area contributed by atoms with Crippen LogP contribution in [0.1, 0.15) is 13.8 Å². The largest absolute Gasteiger partial charge is 0.497 e. The lowest BCUT2D eigenvalue weighted by atomic mass is 10.2. The first-order chi connectivity index (χ1) is 15.3. The Hall–Kier alpha value is -3.38. The summed E-state index contributed by atoms with van der Waals surface area (Å²) in [5.41, 5.74) is 1.17. The molecule has 1 aromatic heterocycles. The summed E-state index contributed by atoms with van der Waals surface area (Å²) in [6, 6.07) is 9.42. The number of aromatic nitrogens is 3. The molecule has 1 N–H and O–H groups in total. The van der Waals surface area contributed by atoms with E-state index >= 15 is 0 Å². The highest BCUT2D eigenvalue weighted by Gasteiger charge is 2.23. The van der Waals surface area contributed by atoms with Crippen molar-refractivity contribution in [1.82, 2.24) is 19.5 Å². The highest BCUT2D eigenvalue weighted by molar-refractivity contribution is 7.89. The molecule has 0 unspecified atom stereocenters. The van der Waals surface area contributed by atoms with Gasteiger partial charge in [-0.3, -0.25) is 4.79 Å². The molecule has 0 aliphatic rings. The molecular weight excluding hydrogens is 438 g/mol. The standard InChI is InChI=1S/C20H25N5O6S/c1-5-24(6-2)32(27,28)15-8-9-16-18(12-15)25(23-22-16)31-13-20(26)21-17-11-14(29-3)7-10-19(17)30-4/h7-12H,5-6,13H2,1-4H3,(H,21,26). The normalized spacial score (nSPS) is 11.5. The molecule has 0 spiro atoms. The van der Waals surface area contributed by atoms with Crippen LogP contribution >= 0.6 is 0 Å². The molecule has 0 atom stereocenters. The average Bonchev–Trinajstić information content (AvgIpc) is 3.20. The number of fused-ring (bicyclic) bond motifs is 1. The van der Waals surface area contributed by atoms with Gasteiger partial charge in [0.25, 0.3) is 5.91 Å². The molecule has 0 radical (unpaired) electrons. The van der Waals surface area contributed by atoms with Gasteiger partial charge in [-0.05, 0) is 35.5 Å². The Bertz CT molecular complexity index is 1210. The number of nitrogens with one attached hydrogen (secondary N) is 1. The van der Waals surface area contributed by atoms with E-state index in [0.717, 1.165) is 4.85 Å². The Morgan fingerprint density at radius 2 is 1.84 bits per heavy atom. The summed E-state index contributed by atoms with van der Waals surface area (Å²) < 4.78 is 37.3. The number of ether oxygens (including phenoxy) is 2. The van der Waals surface area contributed by atoms with Crippen LogP contribution < -0.4 is 19.6 Å². The Kier molecular flexibility index (Phi) is 7.15. The van der Waals surface area contributed by atoms with Crippen LogP contribution in [-0.2, 0) is 14.8 Å². The number of carbonyl (C=O) groups is 1. The van der Waals surface area contributed by atoms with Gasteiger partial charge in [0, 0.05) is 19.2 Å². The van der Waals surface area contributed by atoms with Crippen molar-refractivity contribution < 1.29 is 27.5 Å². The molecule has 0 fully saturated rings. The number of carbonyl (C=O) groups excluding carboxylic acids is 1. The second-order valence-electron chi connectivity index (χ2n) is 6.59. The molecule has 0 bridgehead atoms. The number of hydrogen-bond acceptors (Lipinski definition) is 8. The summed E-state index contributed by atoms with van der Waals surface area (Å²) in [6.07, 6.45) is 0. The van der Waals surface area contributed by atoms with Crippen molar-refractivity contribution in [3.63, 3.8) is 0 Å². The molecule has 32 heavy (non-hydrogen) atoms. The van der Waals surface area contributed by atoms with Crippen LogP contribution in [0.2, 0.25) is 0 Å². The molecule has 3 rings (SSSR count).